The third-order valence-corrected chi connectivity index (χ3v) is 2.85. The smallest absolute Gasteiger partial charge is 0.330 e. The molecule has 0 saturated carbocycles. The van der Waals surface area contributed by atoms with Gasteiger partial charge in [0.2, 0.25) is 5.78 Å². The summed E-state index contributed by atoms with van der Waals surface area (Å²) in [5.74, 6) is -2.73. The van der Waals surface area contributed by atoms with E-state index in [4.69, 9.17) is 5.73 Å². The monoisotopic (exact) mass is 281 g/mol. The first-order chi connectivity index (χ1) is 8.25. The Morgan fingerprint density at radius 1 is 1.50 bits per heavy atom. The van der Waals surface area contributed by atoms with Crippen molar-refractivity contribution in [3.8, 4) is 0 Å². The summed E-state index contributed by atoms with van der Waals surface area (Å²) in [7, 11) is 0.907. The highest BCUT2D eigenvalue weighted by Gasteiger charge is 2.41. The van der Waals surface area contributed by atoms with Crippen LogP contribution in [0.15, 0.2) is 5.38 Å². The fraction of sp³-hybridized carbons (Fsp3) is 0.444. The fourth-order valence-corrected chi connectivity index (χ4v) is 1.80. The minimum absolute atomic E-state index is 0.0160. The molecule has 18 heavy (non-hydrogen) atoms. The van der Waals surface area contributed by atoms with Gasteiger partial charge in [-0.1, -0.05) is 0 Å². The number of nitrogens with two attached hydrogens (primary N) is 1. The minimum atomic E-state index is -4.99. The lowest BCUT2D eigenvalue weighted by atomic mass is 10.3. The van der Waals surface area contributed by atoms with Gasteiger partial charge in [0.05, 0.1) is 6.54 Å². The van der Waals surface area contributed by atoms with E-state index in [0.717, 1.165) is 18.4 Å². The van der Waals surface area contributed by atoms with Crippen LogP contribution in [0, 0.1) is 0 Å². The van der Waals surface area contributed by atoms with Gasteiger partial charge in [0.15, 0.2) is 0 Å². The van der Waals surface area contributed by atoms with E-state index < -0.39 is 24.4 Å². The number of halogens is 3. The van der Waals surface area contributed by atoms with Crippen LogP contribution in [0.2, 0.25) is 0 Å². The van der Waals surface area contributed by atoms with Gasteiger partial charge in [-0.15, -0.1) is 11.3 Å². The molecule has 0 unspecified atom stereocenters. The van der Waals surface area contributed by atoms with Crippen molar-refractivity contribution >= 4 is 23.0 Å². The molecule has 2 N–H and O–H groups in total. The maximum Gasteiger partial charge on any atom is 0.471 e. The molecule has 0 spiro atoms. The molecule has 0 aliphatic rings. The van der Waals surface area contributed by atoms with Crippen molar-refractivity contribution in [1.82, 2.24) is 9.88 Å². The molecule has 5 nitrogen and oxygen atoms in total. The van der Waals surface area contributed by atoms with Crippen molar-refractivity contribution in [2.45, 2.75) is 12.7 Å². The molecule has 0 saturated heterocycles. The van der Waals surface area contributed by atoms with Crippen molar-refractivity contribution in [2.75, 3.05) is 13.6 Å². The van der Waals surface area contributed by atoms with Gasteiger partial charge in [0.1, 0.15) is 10.7 Å². The summed E-state index contributed by atoms with van der Waals surface area (Å²) in [4.78, 5) is 26.5. The number of carbonyl (C=O) groups excluding carboxylic acids is 2. The number of ketones is 1. The first-order valence-corrected chi connectivity index (χ1v) is 5.63. The quantitative estimate of drug-likeness (QED) is 0.828. The average Bonchev–Trinajstić information content (AvgIpc) is 2.75. The van der Waals surface area contributed by atoms with Crippen LogP contribution in [-0.4, -0.2) is 41.3 Å². The maximum atomic E-state index is 12.1. The second kappa shape index (κ2) is 5.44. The molecule has 9 heteroatoms. The summed E-state index contributed by atoms with van der Waals surface area (Å²) < 4.78 is 36.2. The van der Waals surface area contributed by atoms with Gasteiger partial charge < -0.3 is 10.6 Å². The van der Waals surface area contributed by atoms with Crippen LogP contribution in [-0.2, 0) is 11.3 Å². The summed E-state index contributed by atoms with van der Waals surface area (Å²) in [6.07, 6.45) is -4.99. The largest absolute Gasteiger partial charge is 0.471 e. The third-order valence-electron chi connectivity index (χ3n) is 1.98. The number of thiazole rings is 1. The van der Waals surface area contributed by atoms with E-state index in [1.54, 1.807) is 0 Å². The lowest BCUT2D eigenvalue weighted by Crippen LogP contribution is -2.41. The molecule has 0 radical (unpaired) electrons. The molecule has 1 rings (SSSR count). The Kier molecular flexibility index (Phi) is 4.41. The van der Waals surface area contributed by atoms with Crippen molar-refractivity contribution < 1.29 is 22.8 Å². The number of rotatable bonds is 4. The topological polar surface area (TPSA) is 76.3 Å². The Morgan fingerprint density at radius 2 is 2.11 bits per heavy atom. The molecule has 0 aromatic carbocycles. The molecule has 0 bridgehead atoms. The van der Waals surface area contributed by atoms with Gasteiger partial charge >= 0.3 is 12.1 Å². The molecule has 100 valence electrons. The van der Waals surface area contributed by atoms with Gasteiger partial charge in [-0.05, 0) is 0 Å². The Labute approximate surface area is 104 Å². The molecule has 1 aromatic rings. The highest BCUT2D eigenvalue weighted by Crippen LogP contribution is 2.18. The molecule has 0 atom stereocenters. The number of amides is 1. The van der Waals surface area contributed by atoms with E-state index in [9.17, 15) is 22.8 Å². The van der Waals surface area contributed by atoms with Gasteiger partial charge in [-0.3, -0.25) is 9.59 Å². The molecule has 0 aliphatic carbocycles. The number of aromatic nitrogens is 1. The maximum absolute atomic E-state index is 12.1. The zero-order valence-corrected chi connectivity index (χ0v) is 10.1. The summed E-state index contributed by atoms with van der Waals surface area (Å²) >= 11 is 1.14. The highest BCUT2D eigenvalue weighted by atomic mass is 32.1. The van der Waals surface area contributed by atoms with Crippen molar-refractivity contribution in [2.24, 2.45) is 5.73 Å². The first kappa shape index (κ1) is 14.6. The fourth-order valence-electron chi connectivity index (χ4n) is 1.12. The van der Waals surface area contributed by atoms with E-state index in [2.05, 4.69) is 4.98 Å². The molecular weight excluding hydrogens is 271 g/mol. The van der Waals surface area contributed by atoms with Gasteiger partial charge in [-0.2, -0.15) is 13.2 Å². The van der Waals surface area contributed by atoms with Crippen LogP contribution in [0.1, 0.15) is 15.5 Å². The van der Waals surface area contributed by atoms with Crippen LogP contribution >= 0.6 is 11.3 Å². The molecule has 1 aromatic heterocycles. The second-order valence-corrected chi connectivity index (χ2v) is 4.36. The minimum Gasteiger partial charge on any atom is -0.330 e. The normalized spacial score (nSPS) is 11.4. The van der Waals surface area contributed by atoms with Crippen molar-refractivity contribution in [3.63, 3.8) is 0 Å². The van der Waals surface area contributed by atoms with Gasteiger partial charge in [-0.25, -0.2) is 4.98 Å². The lowest BCUT2D eigenvalue weighted by Gasteiger charge is -2.17. The van der Waals surface area contributed by atoms with Gasteiger partial charge in [0.25, 0.3) is 0 Å². The summed E-state index contributed by atoms with van der Waals surface area (Å²) in [6, 6.07) is 0. The van der Waals surface area contributed by atoms with Crippen molar-refractivity contribution in [1.29, 1.82) is 0 Å². The van der Waals surface area contributed by atoms with Gasteiger partial charge in [0, 0.05) is 19.0 Å². The Hall–Kier alpha value is -1.48. The van der Waals surface area contributed by atoms with Crippen LogP contribution in [0.5, 0.6) is 0 Å². The number of likely N-dealkylation sites (N-methyl/N-ethyl adjacent to an activating group) is 1. The zero-order valence-electron chi connectivity index (χ0n) is 9.32. The molecule has 1 heterocycles. The van der Waals surface area contributed by atoms with Crippen molar-refractivity contribution in [3.05, 3.63) is 16.1 Å². The van der Waals surface area contributed by atoms with E-state index in [-0.39, 0.29) is 12.2 Å². The Balaban J connectivity index is 2.68. The standard InChI is InChI=1S/C9H10F3N3O2S/c1-15(8(17)9(10,11)12)3-6(16)5-4-18-7(2-13)14-5/h4H,2-3,13H2,1H3. The number of nitrogens with zero attached hydrogens (tertiary/aromatic N) is 2. The van der Waals surface area contributed by atoms with E-state index in [1.165, 1.54) is 5.38 Å². The highest BCUT2D eigenvalue weighted by molar-refractivity contribution is 7.09. The van der Waals surface area contributed by atoms with Crippen LogP contribution in [0.3, 0.4) is 0 Å². The van der Waals surface area contributed by atoms with Crippen LogP contribution in [0.25, 0.3) is 0 Å². The number of hydrogen-bond donors (Lipinski definition) is 1. The van der Waals surface area contributed by atoms with E-state index in [1.807, 2.05) is 0 Å². The van der Waals surface area contributed by atoms with E-state index in [0.29, 0.717) is 9.91 Å². The SMILES string of the molecule is CN(CC(=O)c1csc(CN)n1)C(=O)C(F)(F)F. The average molecular weight is 281 g/mol. The summed E-state index contributed by atoms with van der Waals surface area (Å²) in [5.41, 5.74) is 5.31. The summed E-state index contributed by atoms with van der Waals surface area (Å²) in [6.45, 7) is -0.526. The summed E-state index contributed by atoms with van der Waals surface area (Å²) in [5, 5.41) is 1.90. The molecule has 1 amide bonds. The lowest BCUT2D eigenvalue weighted by molar-refractivity contribution is -0.183. The molecule has 0 aliphatic heterocycles. The number of carbonyl (C=O) groups is 2. The molecule has 0 fully saturated rings. The van der Waals surface area contributed by atoms with Crippen LogP contribution < -0.4 is 5.73 Å². The third kappa shape index (κ3) is 3.50. The predicted octanol–water partition coefficient (Wildman–Crippen LogP) is 0.805. The van der Waals surface area contributed by atoms with Crippen LogP contribution in [0.4, 0.5) is 13.2 Å². The Bertz CT molecular complexity index is 458. The number of hydrogen-bond acceptors (Lipinski definition) is 5. The zero-order chi connectivity index (χ0) is 13.9. The van der Waals surface area contributed by atoms with E-state index >= 15 is 0 Å². The first-order valence-electron chi connectivity index (χ1n) is 4.75. The Morgan fingerprint density at radius 3 is 2.56 bits per heavy atom. The number of alkyl halides is 3. The number of Topliss-reactive ketones (excluding diaryl/α,β-unsaturated/α-hetero) is 1. The molecular formula is C9H10F3N3O2S. The predicted molar refractivity (Wildman–Crippen MR) is 58.0 cm³/mol. The second-order valence-electron chi connectivity index (χ2n) is 3.41.